The third-order valence-electron chi connectivity index (χ3n) is 4.42. The number of benzene rings is 1. The highest BCUT2D eigenvalue weighted by Crippen LogP contribution is 2.16. The summed E-state index contributed by atoms with van der Waals surface area (Å²) in [6.07, 6.45) is 3.33. The van der Waals surface area contributed by atoms with Crippen molar-refractivity contribution in [3.8, 4) is 0 Å². The van der Waals surface area contributed by atoms with Crippen LogP contribution in [-0.4, -0.2) is 36.6 Å². The number of rotatable bonds is 6. The minimum Gasteiger partial charge on any atom is -0.311 e. The molecule has 2 nitrogen and oxygen atoms in total. The maximum Gasteiger partial charge on any atom is 0.123 e. The Labute approximate surface area is 128 Å². The van der Waals surface area contributed by atoms with E-state index in [0.717, 1.165) is 37.5 Å². The van der Waals surface area contributed by atoms with Crippen LogP contribution in [0.1, 0.15) is 39.2 Å². The molecule has 1 saturated heterocycles. The average molecular weight is 292 g/mol. The van der Waals surface area contributed by atoms with Gasteiger partial charge in [0.1, 0.15) is 5.82 Å². The molecule has 1 aliphatic rings. The number of halogens is 1. The van der Waals surface area contributed by atoms with Crippen molar-refractivity contribution in [1.82, 2.24) is 10.2 Å². The molecule has 1 aliphatic heterocycles. The molecule has 0 radical (unpaired) electrons. The van der Waals surface area contributed by atoms with E-state index in [9.17, 15) is 4.39 Å². The third kappa shape index (κ3) is 5.08. The number of piperazine rings is 1. The topological polar surface area (TPSA) is 15.3 Å². The summed E-state index contributed by atoms with van der Waals surface area (Å²) in [5.74, 6) is 0.600. The van der Waals surface area contributed by atoms with E-state index in [0.29, 0.717) is 12.1 Å². The molecular formula is C18H29FN2. The van der Waals surface area contributed by atoms with Crippen molar-refractivity contribution in [2.45, 2.75) is 52.1 Å². The molecule has 1 aromatic carbocycles. The Kier molecular flexibility index (Phi) is 6.19. The molecule has 1 N–H and O–H groups in total. The minimum absolute atomic E-state index is 0.127. The van der Waals surface area contributed by atoms with Crippen LogP contribution in [0.2, 0.25) is 0 Å². The van der Waals surface area contributed by atoms with Gasteiger partial charge in [-0.3, -0.25) is 4.90 Å². The Morgan fingerprint density at radius 3 is 2.86 bits per heavy atom. The summed E-state index contributed by atoms with van der Waals surface area (Å²) in [4.78, 5) is 2.59. The number of nitrogens with one attached hydrogen (secondary N) is 1. The van der Waals surface area contributed by atoms with Crippen LogP contribution in [0.3, 0.4) is 0 Å². The molecule has 0 aliphatic carbocycles. The van der Waals surface area contributed by atoms with Gasteiger partial charge in [0.15, 0.2) is 0 Å². The van der Waals surface area contributed by atoms with Gasteiger partial charge in [-0.1, -0.05) is 32.9 Å². The van der Waals surface area contributed by atoms with Crippen molar-refractivity contribution in [1.29, 1.82) is 0 Å². The molecule has 3 heteroatoms. The van der Waals surface area contributed by atoms with Crippen molar-refractivity contribution < 1.29 is 4.39 Å². The van der Waals surface area contributed by atoms with Gasteiger partial charge in [-0.2, -0.15) is 0 Å². The van der Waals surface area contributed by atoms with Gasteiger partial charge >= 0.3 is 0 Å². The SMILES string of the molecule is CCC1CNC(CC(C)C)CN1CCc1cccc(F)c1. The molecule has 1 fully saturated rings. The molecule has 0 aromatic heterocycles. The summed E-state index contributed by atoms with van der Waals surface area (Å²) in [5, 5.41) is 3.69. The predicted octanol–water partition coefficient (Wildman–Crippen LogP) is 3.47. The van der Waals surface area contributed by atoms with E-state index in [-0.39, 0.29) is 5.82 Å². The summed E-state index contributed by atoms with van der Waals surface area (Å²) >= 11 is 0. The lowest BCUT2D eigenvalue weighted by Gasteiger charge is -2.40. The van der Waals surface area contributed by atoms with Gasteiger partial charge in [0.05, 0.1) is 0 Å². The van der Waals surface area contributed by atoms with Gasteiger partial charge in [-0.05, 0) is 42.9 Å². The highest BCUT2D eigenvalue weighted by Gasteiger charge is 2.26. The Morgan fingerprint density at radius 2 is 2.19 bits per heavy atom. The van der Waals surface area contributed by atoms with Crippen molar-refractivity contribution in [3.05, 3.63) is 35.6 Å². The monoisotopic (exact) mass is 292 g/mol. The standard InChI is InChI=1S/C18H29FN2/c1-4-18-12-20-17(10-14(2)3)13-21(18)9-8-15-6-5-7-16(19)11-15/h5-7,11,14,17-18,20H,4,8-10,12-13H2,1-3H3. The van der Waals surface area contributed by atoms with Gasteiger partial charge in [-0.15, -0.1) is 0 Å². The summed E-state index contributed by atoms with van der Waals surface area (Å²) in [6.45, 7) is 10.0. The van der Waals surface area contributed by atoms with Crippen LogP contribution in [-0.2, 0) is 6.42 Å². The molecule has 21 heavy (non-hydrogen) atoms. The van der Waals surface area contributed by atoms with Gasteiger partial charge < -0.3 is 5.32 Å². The molecule has 118 valence electrons. The summed E-state index contributed by atoms with van der Waals surface area (Å²) in [5.41, 5.74) is 1.10. The largest absolute Gasteiger partial charge is 0.311 e. The maximum absolute atomic E-state index is 13.3. The number of hydrogen-bond donors (Lipinski definition) is 1. The van der Waals surface area contributed by atoms with E-state index in [2.05, 4.69) is 31.0 Å². The van der Waals surface area contributed by atoms with E-state index in [1.807, 2.05) is 6.07 Å². The number of nitrogens with zero attached hydrogens (tertiary/aromatic N) is 1. The molecule has 2 unspecified atom stereocenters. The first-order chi connectivity index (χ1) is 10.1. The average Bonchev–Trinajstić information content (AvgIpc) is 2.45. The third-order valence-corrected chi connectivity index (χ3v) is 4.42. The summed E-state index contributed by atoms with van der Waals surface area (Å²) in [6, 6.07) is 8.22. The fourth-order valence-electron chi connectivity index (χ4n) is 3.30. The minimum atomic E-state index is -0.127. The Balaban J connectivity index is 1.91. The molecule has 2 rings (SSSR count). The van der Waals surface area contributed by atoms with Crippen LogP contribution in [0.25, 0.3) is 0 Å². The van der Waals surface area contributed by atoms with Crippen LogP contribution >= 0.6 is 0 Å². The molecular weight excluding hydrogens is 263 g/mol. The normalized spacial score (nSPS) is 23.7. The van der Waals surface area contributed by atoms with E-state index in [4.69, 9.17) is 0 Å². The van der Waals surface area contributed by atoms with Crippen molar-refractivity contribution in [2.75, 3.05) is 19.6 Å². The molecule has 1 aromatic rings. The molecule has 0 bridgehead atoms. The Morgan fingerprint density at radius 1 is 1.38 bits per heavy atom. The van der Waals surface area contributed by atoms with E-state index >= 15 is 0 Å². The van der Waals surface area contributed by atoms with Crippen molar-refractivity contribution >= 4 is 0 Å². The molecule has 2 atom stereocenters. The predicted molar refractivity (Wildman–Crippen MR) is 87.0 cm³/mol. The van der Waals surface area contributed by atoms with Gasteiger partial charge in [0, 0.05) is 31.7 Å². The smallest absolute Gasteiger partial charge is 0.123 e. The zero-order valence-corrected chi connectivity index (χ0v) is 13.6. The first-order valence-electron chi connectivity index (χ1n) is 8.30. The zero-order valence-electron chi connectivity index (χ0n) is 13.6. The lowest BCUT2D eigenvalue weighted by molar-refractivity contribution is 0.120. The van der Waals surface area contributed by atoms with Gasteiger partial charge in [-0.25, -0.2) is 4.39 Å². The quantitative estimate of drug-likeness (QED) is 0.863. The van der Waals surface area contributed by atoms with Gasteiger partial charge in [0.2, 0.25) is 0 Å². The van der Waals surface area contributed by atoms with Crippen molar-refractivity contribution in [3.63, 3.8) is 0 Å². The van der Waals surface area contributed by atoms with Crippen LogP contribution in [0.15, 0.2) is 24.3 Å². The van der Waals surface area contributed by atoms with Crippen LogP contribution in [0.4, 0.5) is 4.39 Å². The van der Waals surface area contributed by atoms with E-state index < -0.39 is 0 Å². The second kappa shape index (κ2) is 7.90. The Hall–Kier alpha value is -0.930. The van der Waals surface area contributed by atoms with Gasteiger partial charge in [0.25, 0.3) is 0 Å². The second-order valence-corrected chi connectivity index (χ2v) is 6.67. The highest BCUT2D eigenvalue weighted by atomic mass is 19.1. The van der Waals surface area contributed by atoms with E-state index in [1.165, 1.54) is 18.9 Å². The van der Waals surface area contributed by atoms with Crippen LogP contribution < -0.4 is 5.32 Å². The summed E-state index contributed by atoms with van der Waals surface area (Å²) < 4.78 is 13.3. The first kappa shape index (κ1) is 16.4. The van der Waals surface area contributed by atoms with Crippen LogP contribution in [0, 0.1) is 11.7 Å². The number of hydrogen-bond acceptors (Lipinski definition) is 2. The molecule has 0 spiro atoms. The first-order valence-corrected chi connectivity index (χ1v) is 8.30. The lowest BCUT2D eigenvalue weighted by Crippen LogP contribution is -2.56. The highest BCUT2D eigenvalue weighted by molar-refractivity contribution is 5.16. The van der Waals surface area contributed by atoms with Crippen LogP contribution in [0.5, 0.6) is 0 Å². The second-order valence-electron chi connectivity index (χ2n) is 6.67. The molecule has 0 saturated carbocycles. The fourth-order valence-corrected chi connectivity index (χ4v) is 3.30. The lowest BCUT2D eigenvalue weighted by atomic mass is 9.98. The Bertz CT molecular complexity index is 433. The molecule has 1 heterocycles. The van der Waals surface area contributed by atoms with Crippen molar-refractivity contribution in [2.24, 2.45) is 5.92 Å². The fraction of sp³-hybridized carbons (Fsp3) is 0.667. The summed E-state index contributed by atoms with van der Waals surface area (Å²) in [7, 11) is 0. The molecule has 0 amide bonds. The maximum atomic E-state index is 13.3. The van der Waals surface area contributed by atoms with E-state index in [1.54, 1.807) is 12.1 Å². The zero-order chi connectivity index (χ0) is 15.2.